The van der Waals surface area contributed by atoms with E-state index in [4.69, 9.17) is 5.73 Å². The fraction of sp³-hybridized carbons (Fsp3) is 0.107. The van der Waals surface area contributed by atoms with Gasteiger partial charge in [-0.1, -0.05) is 42.5 Å². The smallest absolute Gasteiger partial charge is 0.325 e. The lowest BCUT2D eigenvalue weighted by molar-refractivity contribution is -0.139. The number of anilines is 1. The van der Waals surface area contributed by atoms with E-state index in [0.717, 1.165) is 28.3 Å². The van der Waals surface area contributed by atoms with Gasteiger partial charge in [-0.3, -0.25) is 19.0 Å². The number of hydrogen-bond donors (Lipinski definition) is 3. The quantitative estimate of drug-likeness (QED) is 0.299. The van der Waals surface area contributed by atoms with Crippen LogP contribution in [0, 0.1) is 11.6 Å². The molecule has 0 aliphatic heterocycles. The van der Waals surface area contributed by atoms with E-state index in [1.54, 1.807) is 48.5 Å². The summed E-state index contributed by atoms with van der Waals surface area (Å²) in [7, 11) is 0. The molecule has 1 unspecified atom stereocenters. The van der Waals surface area contributed by atoms with Crippen LogP contribution in [0.3, 0.4) is 0 Å². The number of nitrogen functional groups attached to an aromatic ring is 1. The van der Waals surface area contributed by atoms with Crippen molar-refractivity contribution >= 4 is 17.6 Å². The molecule has 9 heteroatoms. The second-order valence-electron chi connectivity index (χ2n) is 8.31. The van der Waals surface area contributed by atoms with Crippen LogP contribution in [0.15, 0.2) is 89.7 Å². The van der Waals surface area contributed by atoms with Crippen molar-refractivity contribution in [3.05, 3.63) is 129 Å². The van der Waals surface area contributed by atoms with Gasteiger partial charge >= 0.3 is 5.97 Å². The average molecular weight is 504 g/mol. The van der Waals surface area contributed by atoms with Crippen molar-refractivity contribution in [2.45, 2.75) is 12.5 Å². The zero-order valence-electron chi connectivity index (χ0n) is 19.5. The maximum atomic E-state index is 14.1. The third kappa shape index (κ3) is 5.62. The predicted octanol–water partition coefficient (Wildman–Crippen LogP) is 3.89. The van der Waals surface area contributed by atoms with Crippen LogP contribution in [0.1, 0.15) is 33.1 Å². The second kappa shape index (κ2) is 11.0. The van der Waals surface area contributed by atoms with E-state index < -0.39 is 35.0 Å². The highest BCUT2D eigenvalue weighted by molar-refractivity contribution is 6.11. The van der Waals surface area contributed by atoms with Crippen LogP contribution < -0.4 is 16.6 Å². The molecular weight excluding hydrogens is 480 g/mol. The number of halogens is 2. The lowest BCUT2D eigenvalue weighted by atomic mass is 10.0. The molecule has 0 aliphatic carbocycles. The summed E-state index contributed by atoms with van der Waals surface area (Å²) >= 11 is 0. The number of rotatable bonds is 9. The van der Waals surface area contributed by atoms with Gasteiger partial charge in [0.1, 0.15) is 23.5 Å². The van der Waals surface area contributed by atoms with Crippen LogP contribution >= 0.6 is 0 Å². The number of carboxylic acids is 1. The van der Waals surface area contributed by atoms with Crippen molar-refractivity contribution in [3.63, 3.8) is 0 Å². The highest BCUT2D eigenvalue weighted by atomic mass is 19.1. The Morgan fingerprint density at radius 2 is 1.59 bits per heavy atom. The maximum absolute atomic E-state index is 14.1. The summed E-state index contributed by atoms with van der Waals surface area (Å²) in [4.78, 5) is 37.1. The fourth-order valence-corrected chi connectivity index (χ4v) is 4.00. The number of nitrogens with one attached hydrogen (secondary N) is 1. The number of nitrogens with zero attached hydrogens (tertiary/aromatic N) is 1. The van der Waals surface area contributed by atoms with Crippen LogP contribution in [0.5, 0.6) is 0 Å². The molecule has 0 spiro atoms. The molecule has 0 radical (unpaired) electrons. The SMILES string of the molecule is Nc1c(C(=O)c2ccc(F)cc2F)ccc(=O)n1-c1ccc(CCNC(C(=O)O)c2ccccc2)cc1. The number of benzene rings is 3. The molecule has 1 atom stereocenters. The number of carbonyl (C=O) groups excluding carboxylic acids is 1. The Morgan fingerprint density at radius 1 is 0.919 bits per heavy atom. The third-order valence-electron chi connectivity index (χ3n) is 5.89. The molecule has 0 bridgehead atoms. The molecule has 4 N–H and O–H groups in total. The van der Waals surface area contributed by atoms with Crippen LogP contribution in [0.25, 0.3) is 5.69 Å². The monoisotopic (exact) mass is 503 g/mol. The van der Waals surface area contributed by atoms with Crippen LogP contribution in [0.4, 0.5) is 14.6 Å². The Bertz CT molecular complexity index is 1500. The van der Waals surface area contributed by atoms with Gasteiger partial charge in [-0.05, 0) is 47.9 Å². The minimum absolute atomic E-state index is 0.0981. The zero-order valence-corrected chi connectivity index (χ0v) is 19.5. The highest BCUT2D eigenvalue weighted by Crippen LogP contribution is 2.21. The first kappa shape index (κ1) is 25.5. The number of pyridine rings is 1. The number of nitrogens with two attached hydrogens (primary N) is 1. The van der Waals surface area contributed by atoms with Crippen LogP contribution in [0.2, 0.25) is 0 Å². The minimum atomic E-state index is -1.03. The number of carboxylic acid groups (broad SMARTS) is 1. The van der Waals surface area contributed by atoms with Gasteiger partial charge in [0, 0.05) is 18.7 Å². The predicted molar refractivity (Wildman–Crippen MR) is 135 cm³/mol. The van der Waals surface area contributed by atoms with Crippen LogP contribution in [-0.2, 0) is 11.2 Å². The first-order valence-electron chi connectivity index (χ1n) is 11.4. The first-order chi connectivity index (χ1) is 17.8. The molecular formula is C28H23F2N3O4. The van der Waals surface area contributed by atoms with Crippen molar-refractivity contribution in [2.24, 2.45) is 0 Å². The fourth-order valence-electron chi connectivity index (χ4n) is 4.00. The largest absolute Gasteiger partial charge is 0.480 e. The van der Waals surface area contributed by atoms with Crippen molar-refractivity contribution in [3.8, 4) is 5.69 Å². The Morgan fingerprint density at radius 3 is 2.24 bits per heavy atom. The summed E-state index contributed by atoms with van der Waals surface area (Å²) in [6, 6.07) is 19.8. The number of carbonyl (C=O) groups is 2. The Hall–Kier alpha value is -4.63. The Balaban J connectivity index is 1.52. The van der Waals surface area contributed by atoms with Gasteiger partial charge in [-0.25, -0.2) is 8.78 Å². The van der Waals surface area contributed by atoms with Crippen molar-refractivity contribution in [1.82, 2.24) is 9.88 Å². The van der Waals surface area contributed by atoms with Crippen LogP contribution in [-0.4, -0.2) is 28.0 Å². The standard InChI is InChI=1S/C28H23F2N3O4/c29-19-8-11-21(23(30)16-19)26(35)22-12-13-24(34)33(27(22)31)20-9-6-17(7-10-20)14-15-32-25(28(36)37)18-4-2-1-3-5-18/h1-13,16,25,32H,14-15,31H2,(H,36,37). The molecule has 0 saturated heterocycles. The minimum Gasteiger partial charge on any atom is -0.480 e. The number of aliphatic carboxylic acids is 1. The summed E-state index contributed by atoms with van der Waals surface area (Å²) in [5.74, 6) is -3.79. The Labute approximate surface area is 210 Å². The van der Waals surface area contributed by atoms with E-state index in [9.17, 15) is 28.3 Å². The van der Waals surface area contributed by atoms with Gasteiger partial charge in [0.15, 0.2) is 5.78 Å². The molecule has 0 amide bonds. The molecule has 4 rings (SSSR count). The van der Waals surface area contributed by atoms with Crippen molar-refractivity contribution in [1.29, 1.82) is 0 Å². The molecule has 1 aromatic heterocycles. The summed E-state index contributed by atoms with van der Waals surface area (Å²) < 4.78 is 28.5. The molecule has 37 heavy (non-hydrogen) atoms. The van der Waals surface area contributed by atoms with Crippen molar-refractivity contribution in [2.75, 3.05) is 12.3 Å². The molecule has 0 saturated carbocycles. The number of hydrogen-bond acceptors (Lipinski definition) is 5. The summed E-state index contributed by atoms with van der Waals surface area (Å²) in [5.41, 5.74) is 7.11. The van der Waals surface area contributed by atoms with E-state index in [1.165, 1.54) is 6.07 Å². The maximum Gasteiger partial charge on any atom is 0.325 e. The van der Waals surface area contributed by atoms with Gasteiger partial charge in [0.25, 0.3) is 5.56 Å². The van der Waals surface area contributed by atoms with Gasteiger partial charge in [-0.2, -0.15) is 0 Å². The van der Waals surface area contributed by atoms with E-state index in [2.05, 4.69) is 5.32 Å². The van der Waals surface area contributed by atoms with Gasteiger partial charge in [0.05, 0.1) is 16.8 Å². The highest BCUT2D eigenvalue weighted by Gasteiger charge is 2.21. The summed E-state index contributed by atoms with van der Waals surface area (Å²) in [5, 5.41) is 12.6. The molecule has 0 aliphatic rings. The van der Waals surface area contributed by atoms with Gasteiger partial charge in [-0.15, -0.1) is 0 Å². The number of aromatic nitrogens is 1. The zero-order chi connectivity index (χ0) is 26.5. The first-order valence-corrected chi connectivity index (χ1v) is 11.4. The normalized spacial score (nSPS) is 11.7. The van der Waals surface area contributed by atoms with E-state index in [1.807, 2.05) is 6.07 Å². The van der Waals surface area contributed by atoms with E-state index in [-0.39, 0.29) is 16.9 Å². The van der Waals surface area contributed by atoms with E-state index in [0.29, 0.717) is 30.3 Å². The second-order valence-corrected chi connectivity index (χ2v) is 8.31. The summed E-state index contributed by atoms with van der Waals surface area (Å²) in [6.07, 6.45) is 0.518. The van der Waals surface area contributed by atoms with Crippen molar-refractivity contribution < 1.29 is 23.5 Å². The lowest BCUT2D eigenvalue weighted by Crippen LogP contribution is -2.30. The number of ketones is 1. The molecule has 3 aromatic carbocycles. The molecule has 188 valence electrons. The molecule has 7 nitrogen and oxygen atoms in total. The Kier molecular flexibility index (Phi) is 7.55. The summed E-state index contributed by atoms with van der Waals surface area (Å²) in [6.45, 7) is 0.389. The average Bonchev–Trinajstić information content (AvgIpc) is 2.87. The lowest BCUT2D eigenvalue weighted by Gasteiger charge is -2.15. The molecule has 0 fully saturated rings. The topological polar surface area (TPSA) is 114 Å². The third-order valence-corrected chi connectivity index (χ3v) is 5.89. The van der Waals surface area contributed by atoms with Gasteiger partial charge in [0.2, 0.25) is 0 Å². The van der Waals surface area contributed by atoms with E-state index >= 15 is 0 Å². The molecule has 4 aromatic rings. The van der Waals surface area contributed by atoms with Gasteiger partial charge < -0.3 is 16.2 Å². The molecule has 1 heterocycles.